The first-order valence-corrected chi connectivity index (χ1v) is 6.07. The average molecular weight is 285 g/mol. The smallest absolute Gasteiger partial charge is 0.313 e. The number of rotatable bonds is 3. The van der Waals surface area contributed by atoms with Crippen molar-refractivity contribution < 1.29 is 14.6 Å². The fourth-order valence-electron chi connectivity index (χ4n) is 2.05. The molecule has 1 saturated heterocycles. The predicted octanol–water partition coefficient (Wildman–Crippen LogP) is 2.80. The average Bonchev–Trinajstić information content (AvgIpc) is 2.74. The van der Waals surface area contributed by atoms with Gasteiger partial charge in [0.1, 0.15) is 5.92 Å². The number of ether oxygens (including phenoxy) is 1. The topological polar surface area (TPSA) is 46.5 Å². The van der Waals surface area contributed by atoms with Crippen LogP contribution in [-0.2, 0) is 9.53 Å². The largest absolute Gasteiger partial charge is 0.481 e. The highest BCUT2D eigenvalue weighted by molar-refractivity contribution is 9.10. The number of carbonyl (C=O) groups is 1. The van der Waals surface area contributed by atoms with E-state index in [0.717, 1.165) is 22.9 Å². The SMILES string of the molecule is O=C(O)C(c1ccc(Br)cc1)C1CCCO1. The fourth-order valence-corrected chi connectivity index (χ4v) is 2.32. The first kappa shape index (κ1) is 11.6. The normalized spacial score (nSPS) is 21.9. The van der Waals surface area contributed by atoms with E-state index in [1.165, 1.54) is 0 Å². The zero-order chi connectivity index (χ0) is 11.5. The van der Waals surface area contributed by atoms with Gasteiger partial charge in [-0.3, -0.25) is 4.79 Å². The van der Waals surface area contributed by atoms with Gasteiger partial charge in [-0.25, -0.2) is 0 Å². The molecule has 3 nitrogen and oxygen atoms in total. The highest BCUT2D eigenvalue weighted by Crippen LogP contribution is 2.29. The standard InChI is InChI=1S/C12H13BrO3/c13-9-5-3-8(4-6-9)11(12(14)15)10-2-1-7-16-10/h3-6,10-11H,1-2,7H2,(H,14,15). The van der Waals surface area contributed by atoms with Gasteiger partial charge in [0.25, 0.3) is 0 Å². The summed E-state index contributed by atoms with van der Waals surface area (Å²) in [5, 5.41) is 9.26. The molecule has 1 heterocycles. The Labute approximate surface area is 103 Å². The van der Waals surface area contributed by atoms with Crippen LogP contribution in [0.4, 0.5) is 0 Å². The minimum absolute atomic E-state index is 0.182. The Hall–Kier alpha value is -0.870. The number of halogens is 1. The molecule has 0 aromatic heterocycles. The molecule has 0 saturated carbocycles. The van der Waals surface area contributed by atoms with E-state index in [1.54, 1.807) is 0 Å². The number of carboxylic acid groups (broad SMARTS) is 1. The summed E-state index contributed by atoms with van der Waals surface area (Å²) in [6.45, 7) is 0.672. The number of hydrogen-bond acceptors (Lipinski definition) is 2. The quantitative estimate of drug-likeness (QED) is 0.929. The highest BCUT2D eigenvalue weighted by atomic mass is 79.9. The van der Waals surface area contributed by atoms with Crippen molar-refractivity contribution in [1.82, 2.24) is 0 Å². The van der Waals surface area contributed by atoms with Crippen LogP contribution in [0.25, 0.3) is 0 Å². The third-order valence-corrected chi connectivity index (χ3v) is 3.36. The second-order valence-electron chi connectivity index (χ2n) is 3.92. The van der Waals surface area contributed by atoms with E-state index >= 15 is 0 Å². The molecule has 0 spiro atoms. The van der Waals surface area contributed by atoms with Gasteiger partial charge in [0.2, 0.25) is 0 Å². The molecule has 0 amide bonds. The molecule has 0 radical (unpaired) electrons. The maximum atomic E-state index is 11.3. The van der Waals surface area contributed by atoms with E-state index < -0.39 is 11.9 Å². The van der Waals surface area contributed by atoms with Crippen molar-refractivity contribution in [2.45, 2.75) is 24.9 Å². The lowest BCUT2D eigenvalue weighted by Crippen LogP contribution is -2.25. The summed E-state index contributed by atoms with van der Waals surface area (Å²) in [6, 6.07) is 7.40. The minimum Gasteiger partial charge on any atom is -0.481 e. The molecule has 0 bridgehead atoms. The third kappa shape index (κ3) is 2.44. The molecule has 16 heavy (non-hydrogen) atoms. The van der Waals surface area contributed by atoms with Gasteiger partial charge in [0, 0.05) is 11.1 Å². The van der Waals surface area contributed by atoms with E-state index in [4.69, 9.17) is 4.74 Å². The van der Waals surface area contributed by atoms with Crippen molar-refractivity contribution in [2.24, 2.45) is 0 Å². The van der Waals surface area contributed by atoms with Crippen LogP contribution in [-0.4, -0.2) is 23.8 Å². The molecule has 2 rings (SSSR count). The van der Waals surface area contributed by atoms with Gasteiger partial charge in [-0.15, -0.1) is 0 Å². The lowest BCUT2D eigenvalue weighted by molar-refractivity contribution is -0.141. The van der Waals surface area contributed by atoms with Crippen LogP contribution < -0.4 is 0 Å². The number of benzene rings is 1. The first-order chi connectivity index (χ1) is 7.68. The van der Waals surface area contributed by atoms with Crippen molar-refractivity contribution in [2.75, 3.05) is 6.61 Å². The molecule has 1 N–H and O–H groups in total. The van der Waals surface area contributed by atoms with Gasteiger partial charge in [0.05, 0.1) is 6.10 Å². The number of carboxylic acids is 1. The van der Waals surface area contributed by atoms with E-state index in [0.29, 0.717) is 6.61 Å². The van der Waals surface area contributed by atoms with Crippen LogP contribution in [0.1, 0.15) is 24.3 Å². The minimum atomic E-state index is -0.811. The maximum Gasteiger partial charge on any atom is 0.313 e. The van der Waals surface area contributed by atoms with Crippen LogP contribution in [0.3, 0.4) is 0 Å². The van der Waals surface area contributed by atoms with Gasteiger partial charge in [-0.1, -0.05) is 28.1 Å². The van der Waals surface area contributed by atoms with E-state index in [2.05, 4.69) is 15.9 Å². The Morgan fingerprint density at radius 2 is 2.12 bits per heavy atom. The van der Waals surface area contributed by atoms with Gasteiger partial charge in [-0.2, -0.15) is 0 Å². The van der Waals surface area contributed by atoms with Crippen molar-refractivity contribution in [3.05, 3.63) is 34.3 Å². The van der Waals surface area contributed by atoms with E-state index in [9.17, 15) is 9.90 Å². The molecule has 2 unspecified atom stereocenters. The fraction of sp³-hybridized carbons (Fsp3) is 0.417. The molecule has 0 aliphatic carbocycles. The Kier molecular flexibility index (Phi) is 3.61. The highest BCUT2D eigenvalue weighted by Gasteiger charge is 2.32. The Bertz CT molecular complexity index is 368. The van der Waals surface area contributed by atoms with Crippen molar-refractivity contribution in [3.63, 3.8) is 0 Å². The summed E-state index contributed by atoms with van der Waals surface area (Å²) in [5.41, 5.74) is 0.808. The first-order valence-electron chi connectivity index (χ1n) is 5.28. The molecule has 1 aromatic carbocycles. The van der Waals surface area contributed by atoms with Crippen molar-refractivity contribution in [3.8, 4) is 0 Å². The van der Waals surface area contributed by atoms with Gasteiger partial charge in [-0.05, 0) is 30.5 Å². The zero-order valence-corrected chi connectivity index (χ0v) is 10.3. The summed E-state index contributed by atoms with van der Waals surface area (Å²) in [7, 11) is 0. The molecular weight excluding hydrogens is 272 g/mol. The second-order valence-corrected chi connectivity index (χ2v) is 4.83. The lowest BCUT2D eigenvalue weighted by atomic mass is 9.92. The third-order valence-electron chi connectivity index (χ3n) is 2.83. The van der Waals surface area contributed by atoms with Crippen molar-refractivity contribution >= 4 is 21.9 Å². The zero-order valence-electron chi connectivity index (χ0n) is 8.73. The second kappa shape index (κ2) is 4.97. The summed E-state index contributed by atoms with van der Waals surface area (Å²) < 4.78 is 6.42. The van der Waals surface area contributed by atoms with Crippen LogP contribution >= 0.6 is 15.9 Å². The Morgan fingerprint density at radius 1 is 1.44 bits per heavy atom. The summed E-state index contributed by atoms with van der Waals surface area (Å²) in [4.78, 5) is 11.3. The molecule has 2 atom stereocenters. The lowest BCUT2D eigenvalue weighted by Gasteiger charge is -2.19. The van der Waals surface area contributed by atoms with Gasteiger partial charge in [0.15, 0.2) is 0 Å². The van der Waals surface area contributed by atoms with E-state index in [-0.39, 0.29) is 6.10 Å². The Balaban J connectivity index is 2.24. The number of aliphatic carboxylic acids is 1. The van der Waals surface area contributed by atoms with Crippen LogP contribution in [0.15, 0.2) is 28.7 Å². The van der Waals surface area contributed by atoms with Crippen molar-refractivity contribution in [1.29, 1.82) is 0 Å². The predicted molar refractivity (Wildman–Crippen MR) is 63.5 cm³/mol. The summed E-state index contributed by atoms with van der Waals surface area (Å²) in [6.07, 6.45) is 1.59. The molecular formula is C12H13BrO3. The summed E-state index contributed by atoms with van der Waals surface area (Å²) >= 11 is 3.34. The maximum absolute atomic E-state index is 11.3. The van der Waals surface area contributed by atoms with Gasteiger partial charge >= 0.3 is 5.97 Å². The van der Waals surface area contributed by atoms with Crippen LogP contribution in [0.5, 0.6) is 0 Å². The van der Waals surface area contributed by atoms with E-state index in [1.807, 2.05) is 24.3 Å². The Morgan fingerprint density at radius 3 is 2.62 bits per heavy atom. The molecule has 1 fully saturated rings. The van der Waals surface area contributed by atoms with Gasteiger partial charge < -0.3 is 9.84 Å². The molecule has 86 valence electrons. The molecule has 1 aliphatic heterocycles. The molecule has 1 aliphatic rings. The molecule has 1 aromatic rings. The van der Waals surface area contributed by atoms with Crippen LogP contribution in [0, 0.1) is 0 Å². The molecule has 4 heteroatoms. The monoisotopic (exact) mass is 284 g/mol. The number of hydrogen-bond donors (Lipinski definition) is 1. The van der Waals surface area contributed by atoms with Crippen LogP contribution in [0.2, 0.25) is 0 Å². The summed E-state index contributed by atoms with van der Waals surface area (Å²) in [5.74, 6) is -1.36.